The zero-order chi connectivity index (χ0) is 12.3. The molecule has 0 heterocycles. The molecule has 0 bridgehead atoms. The lowest BCUT2D eigenvalue weighted by Gasteiger charge is -2.17. The van der Waals surface area contributed by atoms with Crippen LogP contribution in [-0.4, -0.2) is 5.54 Å². The molecular formula is C15H29N. The predicted octanol–water partition coefficient (Wildman–Crippen LogP) is 4.26. The number of rotatable bonds is 9. The summed E-state index contributed by atoms with van der Waals surface area (Å²) in [7, 11) is 0. The quantitative estimate of drug-likeness (QED) is 0.459. The van der Waals surface area contributed by atoms with E-state index in [9.17, 15) is 0 Å². The Morgan fingerprint density at radius 1 is 0.938 bits per heavy atom. The van der Waals surface area contributed by atoms with Crippen LogP contribution < -0.4 is 5.73 Å². The van der Waals surface area contributed by atoms with Gasteiger partial charge < -0.3 is 5.73 Å². The summed E-state index contributed by atoms with van der Waals surface area (Å²) in [5.74, 6) is 5.98. The Hall–Kier alpha value is -0.480. The Morgan fingerprint density at radius 2 is 1.44 bits per heavy atom. The molecule has 1 atom stereocenters. The highest BCUT2D eigenvalue weighted by molar-refractivity contribution is 5.12. The van der Waals surface area contributed by atoms with Crippen LogP contribution in [0, 0.1) is 11.8 Å². The van der Waals surface area contributed by atoms with Crippen LogP contribution in [-0.2, 0) is 0 Å². The maximum absolute atomic E-state index is 6.03. The van der Waals surface area contributed by atoms with Gasteiger partial charge >= 0.3 is 0 Å². The van der Waals surface area contributed by atoms with Crippen molar-refractivity contribution >= 4 is 0 Å². The Labute approximate surface area is 102 Å². The zero-order valence-corrected chi connectivity index (χ0v) is 11.4. The SMILES string of the molecule is CC#CC(C)(N)CCCCCCCCCC. The lowest BCUT2D eigenvalue weighted by atomic mass is 9.95. The highest BCUT2D eigenvalue weighted by Crippen LogP contribution is 2.13. The van der Waals surface area contributed by atoms with Gasteiger partial charge in [-0.15, -0.1) is 5.92 Å². The predicted molar refractivity (Wildman–Crippen MR) is 73.3 cm³/mol. The Kier molecular flexibility index (Phi) is 9.43. The average molecular weight is 223 g/mol. The topological polar surface area (TPSA) is 26.0 Å². The number of unbranched alkanes of at least 4 members (excludes halogenated alkanes) is 7. The van der Waals surface area contributed by atoms with Gasteiger partial charge in [-0.25, -0.2) is 0 Å². The second-order valence-corrected chi connectivity index (χ2v) is 5.02. The Bertz CT molecular complexity index is 207. The van der Waals surface area contributed by atoms with E-state index in [0.29, 0.717) is 0 Å². The van der Waals surface area contributed by atoms with Crippen molar-refractivity contribution in [2.24, 2.45) is 5.73 Å². The first kappa shape index (κ1) is 15.5. The van der Waals surface area contributed by atoms with Crippen molar-refractivity contribution < 1.29 is 0 Å². The van der Waals surface area contributed by atoms with Gasteiger partial charge in [-0.1, -0.05) is 64.2 Å². The number of nitrogens with two attached hydrogens (primary N) is 1. The summed E-state index contributed by atoms with van der Waals surface area (Å²) in [5, 5.41) is 0. The van der Waals surface area contributed by atoms with E-state index < -0.39 is 0 Å². The van der Waals surface area contributed by atoms with Crippen LogP contribution in [0.2, 0.25) is 0 Å². The minimum absolute atomic E-state index is 0.267. The third-order valence-corrected chi connectivity index (χ3v) is 2.96. The van der Waals surface area contributed by atoms with E-state index in [1.807, 2.05) is 13.8 Å². The van der Waals surface area contributed by atoms with E-state index in [0.717, 1.165) is 6.42 Å². The third-order valence-electron chi connectivity index (χ3n) is 2.96. The van der Waals surface area contributed by atoms with Gasteiger partial charge in [-0.3, -0.25) is 0 Å². The van der Waals surface area contributed by atoms with E-state index >= 15 is 0 Å². The van der Waals surface area contributed by atoms with Crippen LogP contribution >= 0.6 is 0 Å². The summed E-state index contributed by atoms with van der Waals surface area (Å²) in [4.78, 5) is 0. The molecule has 0 aromatic rings. The molecule has 0 amide bonds. The van der Waals surface area contributed by atoms with Crippen molar-refractivity contribution in [2.75, 3.05) is 0 Å². The largest absolute Gasteiger partial charge is 0.315 e. The summed E-state index contributed by atoms with van der Waals surface area (Å²) >= 11 is 0. The zero-order valence-electron chi connectivity index (χ0n) is 11.4. The van der Waals surface area contributed by atoms with E-state index in [2.05, 4.69) is 18.8 Å². The second kappa shape index (κ2) is 9.73. The van der Waals surface area contributed by atoms with Gasteiger partial charge in [0.15, 0.2) is 0 Å². The van der Waals surface area contributed by atoms with E-state index in [4.69, 9.17) is 5.73 Å². The van der Waals surface area contributed by atoms with Crippen LogP contribution in [0.1, 0.15) is 78.6 Å². The van der Waals surface area contributed by atoms with Crippen LogP contribution in [0.3, 0.4) is 0 Å². The molecule has 0 aliphatic heterocycles. The first-order valence-electron chi connectivity index (χ1n) is 6.85. The molecule has 2 N–H and O–H groups in total. The normalized spacial score (nSPS) is 14.0. The average Bonchev–Trinajstić information content (AvgIpc) is 2.22. The van der Waals surface area contributed by atoms with Crippen molar-refractivity contribution in [3.05, 3.63) is 0 Å². The third kappa shape index (κ3) is 10.1. The lowest BCUT2D eigenvalue weighted by Crippen LogP contribution is -2.33. The molecule has 0 aliphatic rings. The summed E-state index contributed by atoms with van der Waals surface area (Å²) in [6.07, 6.45) is 11.9. The van der Waals surface area contributed by atoms with Gasteiger partial charge in [0.1, 0.15) is 0 Å². The Balaban J connectivity index is 3.29. The van der Waals surface area contributed by atoms with Gasteiger partial charge in [0, 0.05) is 0 Å². The molecular weight excluding hydrogens is 194 g/mol. The fraction of sp³-hybridized carbons (Fsp3) is 0.867. The van der Waals surface area contributed by atoms with Gasteiger partial charge in [0.05, 0.1) is 5.54 Å². The fourth-order valence-corrected chi connectivity index (χ4v) is 1.97. The molecule has 1 nitrogen and oxygen atoms in total. The number of hydrogen-bond donors (Lipinski definition) is 1. The van der Waals surface area contributed by atoms with Crippen LogP contribution in [0.4, 0.5) is 0 Å². The molecule has 0 aromatic carbocycles. The highest BCUT2D eigenvalue weighted by Gasteiger charge is 2.13. The van der Waals surface area contributed by atoms with Crippen LogP contribution in [0.15, 0.2) is 0 Å². The molecule has 0 fully saturated rings. The van der Waals surface area contributed by atoms with Gasteiger partial charge in [0.25, 0.3) is 0 Å². The summed E-state index contributed by atoms with van der Waals surface area (Å²) in [6.45, 7) is 6.15. The fourth-order valence-electron chi connectivity index (χ4n) is 1.97. The molecule has 0 rings (SSSR count). The first-order valence-corrected chi connectivity index (χ1v) is 6.85. The van der Waals surface area contributed by atoms with Gasteiger partial charge in [-0.05, 0) is 20.3 Å². The monoisotopic (exact) mass is 223 g/mol. The molecule has 0 radical (unpaired) electrons. The molecule has 0 spiro atoms. The molecule has 16 heavy (non-hydrogen) atoms. The molecule has 1 heteroatoms. The van der Waals surface area contributed by atoms with Crippen molar-refractivity contribution in [3.63, 3.8) is 0 Å². The van der Waals surface area contributed by atoms with Crippen LogP contribution in [0.5, 0.6) is 0 Å². The Morgan fingerprint density at radius 3 is 1.94 bits per heavy atom. The van der Waals surface area contributed by atoms with E-state index in [1.54, 1.807) is 0 Å². The standard InChI is InChI=1S/C15H29N/c1-4-6-7-8-9-10-11-12-14-15(3,16)13-5-2/h4,6-12,14,16H2,1-3H3. The molecule has 1 unspecified atom stereocenters. The van der Waals surface area contributed by atoms with Crippen molar-refractivity contribution in [1.29, 1.82) is 0 Å². The summed E-state index contributed by atoms with van der Waals surface area (Å²) in [6, 6.07) is 0. The highest BCUT2D eigenvalue weighted by atomic mass is 14.7. The van der Waals surface area contributed by atoms with Crippen molar-refractivity contribution in [1.82, 2.24) is 0 Å². The minimum Gasteiger partial charge on any atom is -0.315 e. The maximum atomic E-state index is 6.03. The smallest absolute Gasteiger partial charge is 0.0747 e. The van der Waals surface area contributed by atoms with Crippen LogP contribution in [0.25, 0.3) is 0 Å². The van der Waals surface area contributed by atoms with Gasteiger partial charge in [0.2, 0.25) is 0 Å². The lowest BCUT2D eigenvalue weighted by molar-refractivity contribution is 0.492. The van der Waals surface area contributed by atoms with Gasteiger partial charge in [-0.2, -0.15) is 0 Å². The van der Waals surface area contributed by atoms with E-state index in [1.165, 1.54) is 51.4 Å². The maximum Gasteiger partial charge on any atom is 0.0747 e. The molecule has 94 valence electrons. The minimum atomic E-state index is -0.267. The summed E-state index contributed by atoms with van der Waals surface area (Å²) in [5.41, 5.74) is 5.77. The molecule has 0 aliphatic carbocycles. The number of hydrogen-bond acceptors (Lipinski definition) is 1. The van der Waals surface area contributed by atoms with E-state index in [-0.39, 0.29) is 5.54 Å². The summed E-state index contributed by atoms with van der Waals surface area (Å²) < 4.78 is 0. The molecule has 0 saturated heterocycles. The second-order valence-electron chi connectivity index (χ2n) is 5.02. The van der Waals surface area contributed by atoms with Crippen molar-refractivity contribution in [2.45, 2.75) is 84.1 Å². The van der Waals surface area contributed by atoms with Crippen molar-refractivity contribution in [3.8, 4) is 11.8 Å². The first-order chi connectivity index (χ1) is 7.62. The molecule has 0 aromatic heterocycles. The molecule has 0 saturated carbocycles.